The third kappa shape index (κ3) is 7.56. The molecule has 2 amide bonds. The highest BCUT2D eigenvalue weighted by atomic mass is 16.6. The van der Waals surface area contributed by atoms with Gasteiger partial charge < -0.3 is 20.1 Å². The summed E-state index contributed by atoms with van der Waals surface area (Å²) >= 11 is 0. The lowest BCUT2D eigenvalue weighted by Gasteiger charge is -2.23. The van der Waals surface area contributed by atoms with Gasteiger partial charge in [0.25, 0.3) is 0 Å². The highest BCUT2D eigenvalue weighted by Crippen LogP contribution is 2.29. The van der Waals surface area contributed by atoms with Crippen molar-refractivity contribution in [2.45, 2.75) is 38.7 Å². The van der Waals surface area contributed by atoms with Crippen LogP contribution in [0.15, 0.2) is 91.3 Å². The predicted octanol–water partition coefficient (Wildman–Crippen LogP) is 6.10. The molecule has 7 heteroatoms. The average Bonchev–Trinajstić information content (AvgIpc) is 2.89. The molecular weight excluding hydrogens is 478 g/mol. The van der Waals surface area contributed by atoms with Crippen molar-refractivity contribution in [3.8, 4) is 5.75 Å². The number of ether oxygens (including phenoxy) is 2. The van der Waals surface area contributed by atoms with Crippen molar-refractivity contribution in [2.24, 2.45) is 0 Å². The second-order valence-corrected chi connectivity index (χ2v) is 9.98. The summed E-state index contributed by atoms with van der Waals surface area (Å²) in [5.41, 5.74) is 1.84. The highest BCUT2D eigenvalue weighted by molar-refractivity contribution is 5.98. The van der Waals surface area contributed by atoms with Gasteiger partial charge in [-0.1, -0.05) is 54.6 Å². The van der Waals surface area contributed by atoms with Gasteiger partial charge >= 0.3 is 6.09 Å². The van der Waals surface area contributed by atoms with E-state index in [9.17, 15) is 9.59 Å². The molecule has 1 unspecified atom stereocenters. The van der Waals surface area contributed by atoms with Gasteiger partial charge in [-0.25, -0.2) is 4.79 Å². The largest absolute Gasteiger partial charge is 0.493 e. The van der Waals surface area contributed by atoms with Crippen LogP contribution in [0.4, 0.5) is 10.5 Å². The Hall–Kier alpha value is -4.39. The topological polar surface area (TPSA) is 89.5 Å². The van der Waals surface area contributed by atoms with Crippen molar-refractivity contribution in [1.82, 2.24) is 10.3 Å². The maximum Gasteiger partial charge on any atom is 0.407 e. The number of alkyl carbamates (subject to hydrolysis) is 1. The summed E-state index contributed by atoms with van der Waals surface area (Å²) in [5, 5.41) is 7.71. The number of fused-ring (bicyclic) bond motifs is 1. The number of nitrogens with zero attached hydrogens (tertiary/aromatic N) is 1. The Balaban J connectivity index is 1.54. The molecular formula is C31H33N3O4. The minimum Gasteiger partial charge on any atom is -0.493 e. The van der Waals surface area contributed by atoms with E-state index in [1.165, 1.54) is 0 Å². The molecule has 0 aliphatic rings. The Morgan fingerprint density at radius 3 is 2.47 bits per heavy atom. The Kier molecular flexibility index (Phi) is 8.58. The van der Waals surface area contributed by atoms with Crippen molar-refractivity contribution in [2.75, 3.05) is 18.5 Å². The van der Waals surface area contributed by atoms with Gasteiger partial charge in [0.2, 0.25) is 5.91 Å². The molecule has 0 aliphatic carbocycles. The van der Waals surface area contributed by atoms with E-state index in [2.05, 4.69) is 27.8 Å². The lowest BCUT2D eigenvalue weighted by Crippen LogP contribution is -2.37. The van der Waals surface area contributed by atoms with E-state index >= 15 is 0 Å². The van der Waals surface area contributed by atoms with Crippen LogP contribution in [0.25, 0.3) is 10.8 Å². The number of carbonyl (C=O) groups is 2. The van der Waals surface area contributed by atoms with E-state index in [0.717, 1.165) is 22.8 Å². The zero-order valence-corrected chi connectivity index (χ0v) is 21.9. The normalized spacial score (nSPS) is 12.0. The number of para-hydroxylation sites is 1. The minimum atomic E-state index is -0.719. The zero-order chi connectivity index (χ0) is 27.0. The number of aromatic nitrogens is 1. The van der Waals surface area contributed by atoms with E-state index in [0.29, 0.717) is 23.6 Å². The first-order valence-electron chi connectivity index (χ1n) is 12.7. The molecule has 4 rings (SSSR count). The molecule has 0 saturated carbocycles. The molecule has 7 nitrogen and oxygen atoms in total. The van der Waals surface area contributed by atoms with Crippen LogP contribution in [-0.2, 0) is 16.0 Å². The van der Waals surface area contributed by atoms with Gasteiger partial charge in [0.15, 0.2) is 0 Å². The molecule has 1 atom stereocenters. The SMILES string of the molecule is CC(C)(C)OC(=O)NCC(C(=O)Nc1ccc2cnccc2c1)c1ccccc1OCCc1ccccc1. The summed E-state index contributed by atoms with van der Waals surface area (Å²) in [7, 11) is 0. The number of rotatable bonds is 9. The standard InChI is InChI=1S/C31H33N3O4/c1-31(2,3)38-30(36)33-21-27(29(35)34-25-14-13-24-20-32-17-15-23(24)19-25)26-11-7-8-12-28(26)37-18-16-22-9-5-4-6-10-22/h4-15,17,19-20,27H,16,18,21H2,1-3H3,(H,33,36)(H,34,35). The van der Waals surface area contributed by atoms with Gasteiger partial charge in [-0.15, -0.1) is 0 Å². The first-order chi connectivity index (χ1) is 18.3. The van der Waals surface area contributed by atoms with Crippen LogP contribution in [0.1, 0.15) is 37.8 Å². The molecule has 196 valence electrons. The number of pyridine rings is 1. The van der Waals surface area contributed by atoms with Crippen molar-refractivity contribution < 1.29 is 19.1 Å². The van der Waals surface area contributed by atoms with Gasteiger partial charge in [0.05, 0.1) is 12.5 Å². The van der Waals surface area contributed by atoms with Crippen LogP contribution in [-0.4, -0.2) is 35.7 Å². The number of amides is 2. The molecule has 0 spiro atoms. The van der Waals surface area contributed by atoms with Crippen molar-refractivity contribution in [3.63, 3.8) is 0 Å². The number of carbonyl (C=O) groups excluding carboxylic acids is 2. The molecule has 38 heavy (non-hydrogen) atoms. The van der Waals surface area contributed by atoms with Crippen LogP contribution in [0.3, 0.4) is 0 Å². The Morgan fingerprint density at radius 1 is 0.921 bits per heavy atom. The van der Waals surface area contributed by atoms with Crippen LogP contribution in [0.2, 0.25) is 0 Å². The highest BCUT2D eigenvalue weighted by Gasteiger charge is 2.26. The van der Waals surface area contributed by atoms with Crippen LogP contribution in [0, 0.1) is 0 Å². The van der Waals surface area contributed by atoms with Gasteiger partial charge in [-0.05, 0) is 56.0 Å². The first-order valence-corrected chi connectivity index (χ1v) is 12.7. The fourth-order valence-corrected chi connectivity index (χ4v) is 4.06. The van der Waals surface area contributed by atoms with Crippen molar-refractivity contribution in [1.29, 1.82) is 0 Å². The summed E-state index contributed by atoms with van der Waals surface area (Å²) in [6, 6.07) is 25.0. The number of anilines is 1. The van der Waals surface area contributed by atoms with E-state index in [-0.39, 0.29) is 12.5 Å². The Bertz CT molecular complexity index is 1380. The molecule has 1 heterocycles. The van der Waals surface area contributed by atoms with Gasteiger partial charge in [0, 0.05) is 42.0 Å². The maximum atomic E-state index is 13.6. The van der Waals surface area contributed by atoms with E-state index in [1.807, 2.05) is 66.7 Å². The number of benzene rings is 3. The zero-order valence-electron chi connectivity index (χ0n) is 21.9. The van der Waals surface area contributed by atoms with E-state index < -0.39 is 17.6 Å². The quantitative estimate of drug-likeness (QED) is 0.283. The molecule has 0 saturated heterocycles. The molecule has 2 N–H and O–H groups in total. The second kappa shape index (κ2) is 12.2. The van der Waals surface area contributed by atoms with Gasteiger partial charge in [-0.3, -0.25) is 9.78 Å². The lowest BCUT2D eigenvalue weighted by atomic mass is 9.96. The summed E-state index contributed by atoms with van der Waals surface area (Å²) < 4.78 is 11.5. The monoisotopic (exact) mass is 511 g/mol. The van der Waals surface area contributed by atoms with Crippen LogP contribution >= 0.6 is 0 Å². The molecule has 0 radical (unpaired) electrons. The summed E-state index contributed by atoms with van der Waals surface area (Å²) in [6.45, 7) is 5.87. The second-order valence-electron chi connectivity index (χ2n) is 9.98. The maximum absolute atomic E-state index is 13.6. The van der Waals surface area contributed by atoms with Gasteiger partial charge in [0.1, 0.15) is 11.4 Å². The molecule has 0 bridgehead atoms. The molecule has 0 aliphatic heterocycles. The molecule has 4 aromatic rings. The minimum absolute atomic E-state index is 0.0390. The fourth-order valence-electron chi connectivity index (χ4n) is 4.06. The summed E-state index contributed by atoms with van der Waals surface area (Å²) in [6.07, 6.45) is 3.63. The summed E-state index contributed by atoms with van der Waals surface area (Å²) in [5.74, 6) is -0.392. The fraction of sp³-hybridized carbons (Fsp3) is 0.258. The third-order valence-corrected chi connectivity index (χ3v) is 5.86. The number of nitrogens with one attached hydrogen (secondary N) is 2. The molecule has 1 aromatic heterocycles. The Morgan fingerprint density at radius 2 is 1.68 bits per heavy atom. The third-order valence-electron chi connectivity index (χ3n) is 5.86. The van der Waals surface area contributed by atoms with E-state index in [1.54, 1.807) is 33.2 Å². The van der Waals surface area contributed by atoms with Crippen LogP contribution < -0.4 is 15.4 Å². The lowest BCUT2D eigenvalue weighted by molar-refractivity contribution is -0.117. The average molecular weight is 512 g/mol. The predicted molar refractivity (Wildman–Crippen MR) is 149 cm³/mol. The van der Waals surface area contributed by atoms with E-state index in [4.69, 9.17) is 9.47 Å². The first kappa shape index (κ1) is 26.7. The number of hydrogen-bond donors (Lipinski definition) is 2. The smallest absolute Gasteiger partial charge is 0.407 e. The molecule has 0 fully saturated rings. The van der Waals surface area contributed by atoms with Crippen molar-refractivity contribution in [3.05, 3.63) is 102 Å². The Labute approximate surface area is 223 Å². The van der Waals surface area contributed by atoms with Crippen molar-refractivity contribution >= 4 is 28.5 Å². The number of hydrogen-bond acceptors (Lipinski definition) is 5. The van der Waals surface area contributed by atoms with Gasteiger partial charge in [-0.2, -0.15) is 0 Å². The summed E-state index contributed by atoms with van der Waals surface area (Å²) in [4.78, 5) is 30.2. The van der Waals surface area contributed by atoms with Crippen LogP contribution in [0.5, 0.6) is 5.75 Å². The molecule has 3 aromatic carbocycles.